The SMILES string of the molecule is CC.CC(C)N/C(=C\N)SNC(=NCCSN)N1CC(c2ccccc2)C(c2ccc(Cl)cc2)=N1. The van der Waals surface area contributed by atoms with Gasteiger partial charge in [-0.15, -0.1) is 0 Å². The monoisotopic (exact) mass is 533 g/mol. The molecular formula is C25H36ClN7S2. The summed E-state index contributed by atoms with van der Waals surface area (Å²) in [5.41, 5.74) is 8.99. The van der Waals surface area contributed by atoms with Gasteiger partial charge in [0.1, 0.15) is 5.03 Å². The fourth-order valence-corrected chi connectivity index (χ4v) is 4.39. The first-order chi connectivity index (χ1) is 17.0. The summed E-state index contributed by atoms with van der Waals surface area (Å²) in [7, 11) is 0. The minimum atomic E-state index is 0.0894. The topological polar surface area (TPSA) is 104 Å². The number of guanidine groups is 1. The van der Waals surface area contributed by atoms with Crippen molar-refractivity contribution >= 4 is 47.2 Å². The summed E-state index contributed by atoms with van der Waals surface area (Å²) in [5, 5.41) is 17.3. The third kappa shape index (κ3) is 9.00. The first-order valence-electron chi connectivity index (χ1n) is 11.7. The lowest BCUT2D eigenvalue weighted by molar-refractivity contribution is 0.464. The van der Waals surface area contributed by atoms with Crippen molar-refractivity contribution in [3.8, 4) is 0 Å². The van der Waals surface area contributed by atoms with Gasteiger partial charge >= 0.3 is 0 Å². The van der Waals surface area contributed by atoms with Crippen LogP contribution in [-0.2, 0) is 0 Å². The predicted octanol–water partition coefficient (Wildman–Crippen LogP) is 5.13. The summed E-state index contributed by atoms with van der Waals surface area (Å²) < 4.78 is 3.33. The molecule has 1 unspecified atom stereocenters. The molecule has 0 saturated carbocycles. The standard InChI is InChI=1S/C23H30ClN7S2.C2H6/c1-16(2)28-21(14-25)33-30-23(27-12-13-32-26)31-15-20(17-6-4-3-5-7-17)22(29-31)18-8-10-19(24)11-9-18;1-2/h3-11,14,16,20,28H,12-13,15,25-26H2,1-2H3,(H,27,30);1-2H3/b21-14+;. The second-order valence-corrected chi connectivity index (χ2v) is 9.67. The highest BCUT2D eigenvalue weighted by molar-refractivity contribution is 8.01. The molecule has 1 atom stereocenters. The van der Waals surface area contributed by atoms with E-state index in [1.165, 1.54) is 29.5 Å². The smallest absolute Gasteiger partial charge is 0.225 e. The van der Waals surface area contributed by atoms with Gasteiger partial charge in [-0.25, -0.2) is 10.0 Å². The molecule has 0 amide bonds. The lowest BCUT2D eigenvalue weighted by Crippen LogP contribution is -2.36. The van der Waals surface area contributed by atoms with E-state index in [2.05, 4.69) is 48.2 Å². The molecule has 6 N–H and O–H groups in total. The van der Waals surface area contributed by atoms with Crippen molar-refractivity contribution in [1.29, 1.82) is 0 Å². The molecule has 1 aliphatic rings. The predicted molar refractivity (Wildman–Crippen MR) is 155 cm³/mol. The first kappa shape index (κ1) is 28.9. The highest BCUT2D eigenvalue weighted by Crippen LogP contribution is 2.29. The van der Waals surface area contributed by atoms with Gasteiger partial charge in [-0.2, -0.15) is 5.10 Å². The van der Waals surface area contributed by atoms with Crippen molar-refractivity contribution in [2.75, 3.05) is 18.8 Å². The first-order valence-corrected chi connectivity index (χ1v) is 13.9. The Morgan fingerprint density at radius 3 is 2.49 bits per heavy atom. The fraction of sp³-hybridized carbons (Fsp3) is 0.360. The van der Waals surface area contributed by atoms with E-state index in [1.54, 1.807) is 6.20 Å². The summed E-state index contributed by atoms with van der Waals surface area (Å²) in [6, 6.07) is 18.4. The molecule has 3 rings (SSSR count). The molecule has 0 bridgehead atoms. The van der Waals surface area contributed by atoms with Crippen molar-refractivity contribution in [1.82, 2.24) is 15.0 Å². The number of rotatable bonds is 9. The van der Waals surface area contributed by atoms with Crippen LogP contribution in [0.25, 0.3) is 0 Å². The number of benzene rings is 2. The Morgan fingerprint density at radius 2 is 1.89 bits per heavy atom. The maximum Gasteiger partial charge on any atom is 0.225 e. The van der Waals surface area contributed by atoms with Gasteiger partial charge in [-0.3, -0.25) is 9.86 Å². The maximum absolute atomic E-state index is 6.13. The van der Waals surface area contributed by atoms with Gasteiger partial charge in [0.2, 0.25) is 5.96 Å². The Labute approximate surface area is 223 Å². The molecule has 0 saturated heterocycles. The van der Waals surface area contributed by atoms with E-state index in [4.69, 9.17) is 32.6 Å². The van der Waals surface area contributed by atoms with E-state index in [0.717, 1.165) is 16.3 Å². The zero-order valence-electron chi connectivity index (χ0n) is 20.7. The molecular weight excluding hydrogens is 498 g/mol. The lowest BCUT2D eigenvalue weighted by Gasteiger charge is -2.20. The van der Waals surface area contributed by atoms with Crippen LogP contribution in [-0.4, -0.2) is 41.6 Å². The minimum Gasteiger partial charge on any atom is -0.402 e. The van der Waals surface area contributed by atoms with Crippen LogP contribution in [0.3, 0.4) is 0 Å². The molecule has 0 aliphatic carbocycles. The van der Waals surface area contributed by atoms with Crippen LogP contribution in [0.4, 0.5) is 0 Å². The minimum absolute atomic E-state index is 0.0894. The lowest BCUT2D eigenvalue weighted by atomic mass is 9.91. The van der Waals surface area contributed by atoms with Gasteiger partial charge < -0.3 is 11.1 Å². The van der Waals surface area contributed by atoms with Gasteiger partial charge in [0.15, 0.2) is 0 Å². The Hall–Kier alpha value is -2.33. The van der Waals surface area contributed by atoms with E-state index in [0.29, 0.717) is 29.8 Å². The zero-order valence-corrected chi connectivity index (χ0v) is 23.1. The number of nitrogens with two attached hydrogens (primary N) is 2. The number of halogens is 1. The second-order valence-electron chi connectivity index (χ2n) is 7.65. The molecule has 1 heterocycles. The van der Waals surface area contributed by atoms with Crippen molar-refractivity contribution in [3.63, 3.8) is 0 Å². The number of nitrogens with zero attached hydrogens (tertiary/aromatic N) is 3. The van der Waals surface area contributed by atoms with Crippen LogP contribution < -0.4 is 20.9 Å². The van der Waals surface area contributed by atoms with Gasteiger partial charge in [0.25, 0.3) is 0 Å². The Balaban J connectivity index is 0.00000210. The van der Waals surface area contributed by atoms with Crippen molar-refractivity contribution < 1.29 is 0 Å². The normalized spacial score (nSPS) is 16.0. The van der Waals surface area contributed by atoms with E-state index in [-0.39, 0.29) is 12.0 Å². The van der Waals surface area contributed by atoms with E-state index < -0.39 is 0 Å². The number of hydrogen-bond acceptors (Lipinski definition) is 7. The van der Waals surface area contributed by atoms with Gasteiger partial charge in [-0.1, -0.05) is 79.9 Å². The molecule has 1 aliphatic heterocycles. The number of aliphatic imine (C=N–C) groups is 1. The van der Waals surface area contributed by atoms with Crippen LogP contribution in [0.5, 0.6) is 0 Å². The molecule has 190 valence electrons. The molecule has 2 aromatic carbocycles. The van der Waals surface area contributed by atoms with Crippen LogP contribution in [0.2, 0.25) is 5.02 Å². The maximum atomic E-state index is 6.13. The highest BCUT2D eigenvalue weighted by atomic mass is 35.5. The van der Waals surface area contributed by atoms with Crippen LogP contribution in [0, 0.1) is 0 Å². The molecule has 10 heteroatoms. The quantitative estimate of drug-likeness (QED) is 0.153. The molecule has 0 fully saturated rings. The molecule has 7 nitrogen and oxygen atoms in total. The molecule has 2 aromatic rings. The van der Waals surface area contributed by atoms with Gasteiger partial charge in [0.05, 0.1) is 18.8 Å². The fourth-order valence-electron chi connectivity index (χ4n) is 3.33. The molecule has 0 radical (unpaired) electrons. The zero-order chi connectivity index (χ0) is 25.6. The Morgan fingerprint density at radius 1 is 1.20 bits per heavy atom. The second kappa shape index (κ2) is 15.6. The average Bonchev–Trinajstić information content (AvgIpc) is 3.32. The summed E-state index contributed by atoms with van der Waals surface area (Å²) in [6.07, 6.45) is 1.55. The summed E-state index contributed by atoms with van der Waals surface area (Å²) in [5.74, 6) is 1.46. The van der Waals surface area contributed by atoms with Crippen LogP contribution in [0.15, 0.2) is 75.9 Å². The Kier molecular flexibility index (Phi) is 12.9. The third-order valence-corrected chi connectivity index (χ3v) is 6.23. The van der Waals surface area contributed by atoms with Crippen LogP contribution in [0.1, 0.15) is 44.7 Å². The molecule has 35 heavy (non-hydrogen) atoms. The van der Waals surface area contributed by atoms with Crippen LogP contribution >= 0.6 is 35.5 Å². The van der Waals surface area contributed by atoms with Crippen molar-refractivity contribution in [2.45, 2.75) is 39.7 Å². The third-order valence-electron chi connectivity index (χ3n) is 4.81. The summed E-state index contributed by atoms with van der Waals surface area (Å²) >= 11 is 8.77. The van der Waals surface area contributed by atoms with Gasteiger partial charge in [-0.05, 0) is 37.1 Å². The van der Waals surface area contributed by atoms with E-state index in [1.807, 2.05) is 49.2 Å². The van der Waals surface area contributed by atoms with Crippen molar-refractivity contribution in [2.24, 2.45) is 21.0 Å². The number of hydrogen-bond donors (Lipinski definition) is 4. The van der Waals surface area contributed by atoms with E-state index >= 15 is 0 Å². The average molecular weight is 534 g/mol. The van der Waals surface area contributed by atoms with Crippen molar-refractivity contribution in [3.05, 3.63) is 82.0 Å². The Bertz CT molecular complexity index is 979. The number of hydrazone groups is 1. The molecule has 0 aromatic heterocycles. The van der Waals surface area contributed by atoms with Gasteiger partial charge in [0, 0.05) is 40.9 Å². The highest BCUT2D eigenvalue weighted by Gasteiger charge is 2.31. The van der Waals surface area contributed by atoms with E-state index in [9.17, 15) is 0 Å². The summed E-state index contributed by atoms with van der Waals surface area (Å²) in [6.45, 7) is 9.35. The summed E-state index contributed by atoms with van der Waals surface area (Å²) in [4.78, 5) is 4.74. The molecule has 0 spiro atoms. The largest absolute Gasteiger partial charge is 0.402 e. The number of nitrogens with one attached hydrogen (secondary N) is 2.